The lowest BCUT2D eigenvalue weighted by atomic mass is 10.1. The van der Waals surface area contributed by atoms with Gasteiger partial charge in [-0.25, -0.2) is 0 Å². The van der Waals surface area contributed by atoms with Crippen molar-refractivity contribution in [1.82, 2.24) is 4.90 Å². The first-order chi connectivity index (χ1) is 9.20. The molecule has 0 amide bonds. The average Bonchev–Trinajstić information content (AvgIpc) is 2.46. The number of nitrogens with two attached hydrogens (primary N) is 1. The summed E-state index contributed by atoms with van der Waals surface area (Å²) in [6.07, 6.45) is 1.11. The zero-order chi connectivity index (χ0) is 13.7. The van der Waals surface area contributed by atoms with E-state index in [0.717, 1.165) is 44.9 Å². The summed E-state index contributed by atoms with van der Waals surface area (Å²) in [5, 5.41) is 0. The second-order valence-corrected chi connectivity index (χ2v) is 5.25. The standard InChI is InChI=1S/C15H25N3O/c1-13(7-12-19-2)17-8-10-18(11-9-17)15-5-3-14(16)4-6-15/h3-6,13H,7-12,16H2,1-2H3. The summed E-state index contributed by atoms with van der Waals surface area (Å²) in [5.41, 5.74) is 7.83. The topological polar surface area (TPSA) is 41.7 Å². The van der Waals surface area contributed by atoms with Gasteiger partial charge in [-0.3, -0.25) is 4.90 Å². The Labute approximate surface area is 116 Å². The van der Waals surface area contributed by atoms with Crippen LogP contribution in [0.4, 0.5) is 11.4 Å². The van der Waals surface area contributed by atoms with Gasteiger partial charge in [0.05, 0.1) is 0 Å². The van der Waals surface area contributed by atoms with Gasteiger partial charge in [-0.05, 0) is 37.6 Å². The summed E-state index contributed by atoms with van der Waals surface area (Å²) in [7, 11) is 1.77. The fourth-order valence-electron chi connectivity index (χ4n) is 2.58. The average molecular weight is 263 g/mol. The normalized spacial score (nSPS) is 18.5. The Kier molecular flexibility index (Phi) is 5.05. The smallest absolute Gasteiger partial charge is 0.0477 e. The van der Waals surface area contributed by atoms with Gasteiger partial charge in [-0.2, -0.15) is 0 Å². The predicted octanol–water partition coefficient (Wildman–Crippen LogP) is 1.82. The zero-order valence-electron chi connectivity index (χ0n) is 12.0. The van der Waals surface area contributed by atoms with Crippen molar-refractivity contribution in [3.8, 4) is 0 Å². The highest BCUT2D eigenvalue weighted by molar-refractivity contribution is 5.53. The van der Waals surface area contributed by atoms with Crippen LogP contribution < -0.4 is 10.6 Å². The van der Waals surface area contributed by atoms with E-state index >= 15 is 0 Å². The van der Waals surface area contributed by atoms with Crippen molar-refractivity contribution < 1.29 is 4.74 Å². The third kappa shape index (κ3) is 3.85. The molecule has 1 fully saturated rings. The van der Waals surface area contributed by atoms with Gasteiger partial charge in [-0.15, -0.1) is 0 Å². The van der Waals surface area contributed by atoms with E-state index in [1.807, 2.05) is 12.1 Å². The first-order valence-corrected chi connectivity index (χ1v) is 7.04. The Bertz CT molecular complexity index is 371. The lowest BCUT2D eigenvalue weighted by Gasteiger charge is -2.39. The molecular formula is C15H25N3O. The fourth-order valence-corrected chi connectivity index (χ4v) is 2.58. The van der Waals surface area contributed by atoms with Crippen molar-refractivity contribution >= 4 is 11.4 Å². The zero-order valence-corrected chi connectivity index (χ0v) is 12.0. The molecule has 0 bridgehead atoms. The highest BCUT2D eigenvalue weighted by atomic mass is 16.5. The summed E-state index contributed by atoms with van der Waals surface area (Å²) < 4.78 is 5.16. The van der Waals surface area contributed by atoms with Crippen molar-refractivity contribution in [2.75, 3.05) is 50.5 Å². The number of piperazine rings is 1. The van der Waals surface area contributed by atoms with Gasteiger partial charge >= 0.3 is 0 Å². The van der Waals surface area contributed by atoms with E-state index in [1.165, 1.54) is 5.69 Å². The third-order valence-corrected chi connectivity index (χ3v) is 3.94. The maximum absolute atomic E-state index is 5.73. The summed E-state index contributed by atoms with van der Waals surface area (Å²) in [4.78, 5) is 4.98. The molecule has 1 aliphatic heterocycles. The van der Waals surface area contributed by atoms with E-state index < -0.39 is 0 Å². The molecule has 0 aliphatic carbocycles. The van der Waals surface area contributed by atoms with Crippen LogP contribution in [0, 0.1) is 0 Å². The predicted molar refractivity (Wildman–Crippen MR) is 80.6 cm³/mol. The summed E-state index contributed by atoms with van der Waals surface area (Å²) in [6, 6.07) is 8.78. The quantitative estimate of drug-likeness (QED) is 0.823. The fraction of sp³-hybridized carbons (Fsp3) is 0.600. The van der Waals surface area contributed by atoms with Crippen LogP contribution in [0.3, 0.4) is 0 Å². The number of nitrogens with zero attached hydrogens (tertiary/aromatic N) is 2. The van der Waals surface area contributed by atoms with Crippen molar-refractivity contribution in [3.63, 3.8) is 0 Å². The number of nitrogen functional groups attached to an aromatic ring is 1. The van der Waals surface area contributed by atoms with E-state index in [4.69, 9.17) is 10.5 Å². The number of ether oxygens (including phenoxy) is 1. The van der Waals surface area contributed by atoms with Crippen LogP contribution in [0.2, 0.25) is 0 Å². The molecule has 1 unspecified atom stereocenters. The van der Waals surface area contributed by atoms with Crippen LogP contribution in [-0.4, -0.2) is 50.8 Å². The number of hydrogen-bond donors (Lipinski definition) is 1. The SMILES string of the molecule is COCCC(C)N1CCN(c2ccc(N)cc2)CC1. The van der Waals surface area contributed by atoms with Crippen LogP contribution >= 0.6 is 0 Å². The van der Waals surface area contributed by atoms with Crippen LogP contribution in [-0.2, 0) is 4.74 Å². The minimum atomic E-state index is 0.605. The van der Waals surface area contributed by atoms with E-state index in [9.17, 15) is 0 Å². The van der Waals surface area contributed by atoms with Gasteiger partial charge in [0.15, 0.2) is 0 Å². The Morgan fingerprint density at radius 3 is 2.37 bits per heavy atom. The van der Waals surface area contributed by atoms with E-state index in [1.54, 1.807) is 7.11 Å². The molecule has 1 aromatic rings. The minimum Gasteiger partial charge on any atom is -0.399 e. The van der Waals surface area contributed by atoms with Gasteiger partial charge in [0.1, 0.15) is 0 Å². The Balaban J connectivity index is 1.83. The van der Waals surface area contributed by atoms with Crippen LogP contribution in [0.1, 0.15) is 13.3 Å². The third-order valence-electron chi connectivity index (χ3n) is 3.94. The largest absolute Gasteiger partial charge is 0.399 e. The van der Waals surface area contributed by atoms with Crippen LogP contribution in [0.25, 0.3) is 0 Å². The van der Waals surface area contributed by atoms with E-state index in [-0.39, 0.29) is 0 Å². The summed E-state index contributed by atoms with van der Waals surface area (Å²) >= 11 is 0. The van der Waals surface area contributed by atoms with Crippen molar-refractivity contribution in [2.24, 2.45) is 0 Å². The van der Waals surface area contributed by atoms with Crippen molar-refractivity contribution in [3.05, 3.63) is 24.3 Å². The molecule has 4 nitrogen and oxygen atoms in total. The van der Waals surface area contributed by atoms with Gasteiger partial charge in [-0.1, -0.05) is 0 Å². The first-order valence-electron chi connectivity index (χ1n) is 7.04. The Morgan fingerprint density at radius 2 is 1.79 bits per heavy atom. The van der Waals surface area contributed by atoms with Gasteiger partial charge in [0.25, 0.3) is 0 Å². The molecule has 1 atom stereocenters. The lowest BCUT2D eigenvalue weighted by Crippen LogP contribution is -2.49. The van der Waals surface area contributed by atoms with E-state index in [0.29, 0.717) is 6.04 Å². The van der Waals surface area contributed by atoms with Crippen LogP contribution in [0.15, 0.2) is 24.3 Å². The van der Waals surface area contributed by atoms with E-state index in [2.05, 4.69) is 28.9 Å². The maximum atomic E-state index is 5.73. The monoisotopic (exact) mass is 263 g/mol. The van der Waals surface area contributed by atoms with Crippen molar-refractivity contribution in [1.29, 1.82) is 0 Å². The van der Waals surface area contributed by atoms with Gasteiger partial charge in [0.2, 0.25) is 0 Å². The second kappa shape index (κ2) is 6.78. The molecule has 0 aromatic heterocycles. The first kappa shape index (κ1) is 14.2. The molecular weight excluding hydrogens is 238 g/mol. The maximum Gasteiger partial charge on any atom is 0.0477 e. The number of benzene rings is 1. The Hall–Kier alpha value is -1.26. The van der Waals surface area contributed by atoms with Gasteiger partial charge < -0.3 is 15.4 Å². The molecule has 106 valence electrons. The molecule has 19 heavy (non-hydrogen) atoms. The number of hydrogen-bond acceptors (Lipinski definition) is 4. The molecule has 1 aromatic carbocycles. The van der Waals surface area contributed by atoms with Crippen LogP contribution in [0.5, 0.6) is 0 Å². The van der Waals surface area contributed by atoms with Gasteiger partial charge in [0, 0.05) is 57.3 Å². The molecule has 2 N–H and O–H groups in total. The minimum absolute atomic E-state index is 0.605. The molecule has 2 rings (SSSR count). The Morgan fingerprint density at radius 1 is 1.16 bits per heavy atom. The molecule has 0 radical (unpaired) electrons. The highest BCUT2D eigenvalue weighted by Crippen LogP contribution is 2.19. The molecule has 4 heteroatoms. The molecule has 0 spiro atoms. The molecule has 1 heterocycles. The number of rotatable bonds is 5. The molecule has 1 saturated heterocycles. The molecule has 1 aliphatic rings. The number of anilines is 2. The highest BCUT2D eigenvalue weighted by Gasteiger charge is 2.20. The molecule has 0 saturated carbocycles. The number of methoxy groups -OCH3 is 1. The second-order valence-electron chi connectivity index (χ2n) is 5.25. The summed E-state index contributed by atoms with van der Waals surface area (Å²) in [6.45, 7) is 7.55. The van der Waals surface area contributed by atoms with Crippen molar-refractivity contribution in [2.45, 2.75) is 19.4 Å². The summed E-state index contributed by atoms with van der Waals surface area (Å²) in [5.74, 6) is 0. The lowest BCUT2D eigenvalue weighted by molar-refractivity contribution is 0.133.